The molecule has 9 heteroatoms. The summed E-state index contributed by atoms with van der Waals surface area (Å²) in [4.78, 5) is 17.9. The van der Waals surface area contributed by atoms with Gasteiger partial charge in [0.15, 0.2) is 5.16 Å². The van der Waals surface area contributed by atoms with Gasteiger partial charge in [0.1, 0.15) is 5.82 Å². The third-order valence-electron chi connectivity index (χ3n) is 2.29. The smallest absolute Gasteiger partial charge is 0.276 e. The Kier molecular flexibility index (Phi) is 5.88. The number of thioether (sulfide) groups is 2. The first-order chi connectivity index (χ1) is 10.2. The number of hydrogen-bond acceptors (Lipinski definition) is 8. The number of nitrogen functional groups attached to an aromatic ring is 1. The molecule has 7 nitrogen and oxygen atoms in total. The molecule has 0 spiro atoms. The van der Waals surface area contributed by atoms with Gasteiger partial charge in [-0.1, -0.05) is 29.6 Å². The van der Waals surface area contributed by atoms with Crippen molar-refractivity contribution in [2.75, 3.05) is 17.2 Å². The molecule has 0 aromatic carbocycles. The highest BCUT2D eigenvalue weighted by atomic mass is 32.2. The molecule has 0 amide bonds. The molecule has 0 radical (unpaired) electrons. The van der Waals surface area contributed by atoms with Crippen LogP contribution in [-0.2, 0) is 6.42 Å². The Morgan fingerprint density at radius 2 is 2.29 bits per heavy atom. The molecular weight excluding hydrogens is 310 g/mol. The van der Waals surface area contributed by atoms with Gasteiger partial charge in [-0.2, -0.15) is 0 Å². The zero-order valence-electron chi connectivity index (χ0n) is 11.2. The van der Waals surface area contributed by atoms with Gasteiger partial charge in [-0.25, -0.2) is 4.98 Å². The third-order valence-corrected chi connectivity index (χ3v) is 4.06. The fourth-order valence-corrected chi connectivity index (χ4v) is 2.78. The van der Waals surface area contributed by atoms with Crippen LogP contribution in [0.1, 0.15) is 12.3 Å². The standard InChI is InChI=1S/C12H15N5O2S2/c1-2-5-21-12-17-16-10(19-12)4-3-6-20-11-14-8(13)7-9(18)15-11/h2,7H,1,3-6H2,(H3,13,14,15,18). The molecule has 2 aromatic rings. The highest BCUT2D eigenvalue weighted by Crippen LogP contribution is 2.18. The van der Waals surface area contributed by atoms with Gasteiger partial charge in [-0.15, -0.1) is 16.8 Å². The lowest BCUT2D eigenvalue weighted by Gasteiger charge is -2.00. The van der Waals surface area contributed by atoms with Crippen molar-refractivity contribution in [3.05, 3.63) is 35.0 Å². The zero-order valence-corrected chi connectivity index (χ0v) is 12.9. The monoisotopic (exact) mass is 325 g/mol. The summed E-state index contributed by atoms with van der Waals surface area (Å²) in [5.41, 5.74) is 5.27. The number of H-pyrrole nitrogens is 1. The van der Waals surface area contributed by atoms with Crippen LogP contribution in [0.3, 0.4) is 0 Å². The lowest BCUT2D eigenvalue weighted by molar-refractivity contribution is 0.412. The number of rotatable bonds is 8. The van der Waals surface area contributed by atoms with Crippen molar-refractivity contribution in [2.45, 2.75) is 23.2 Å². The average molecular weight is 325 g/mol. The number of nitrogens with zero attached hydrogens (tertiary/aromatic N) is 3. The Morgan fingerprint density at radius 3 is 3.05 bits per heavy atom. The first kappa shape index (κ1) is 15.6. The summed E-state index contributed by atoms with van der Waals surface area (Å²) >= 11 is 2.89. The molecule has 0 saturated carbocycles. The summed E-state index contributed by atoms with van der Waals surface area (Å²) < 4.78 is 5.47. The van der Waals surface area contributed by atoms with Crippen molar-refractivity contribution >= 4 is 29.3 Å². The molecule has 0 aliphatic rings. The van der Waals surface area contributed by atoms with Gasteiger partial charge >= 0.3 is 0 Å². The number of nitrogens with two attached hydrogens (primary N) is 1. The van der Waals surface area contributed by atoms with Crippen LogP contribution in [0.2, 0.25) is 0 Å². The predicted octanol–water partition coefficient (Wildman–Crippen LogP) is 1.74. The molecule has 21 heavy (non-hydrogen) atoms. The molecule has 3 N–H and O–H groups in total. The number of hydrogen-bond donors (Lipinski definition) is 2. The van der Waals surface area contributed by atoms with Crippen molar-refractivity contribution < 1.29 is 4.42 Å². The second-order valence-corrected chi connectivity index (χ2v) is 6.04. The molecule has 0 saturated heterocycles. The van der Waals surface area contributed by atoms with E-state index in [1.807, 2.05) is 0 Å². The zero-order chi connectivity index (χ0) is 15.1. The van der Waals surface area contributed by atoms with Crippen LogP contribution in [0.25, 0.3) is 0 Å². The largest absolute Gasteiger partial charge is 0.416 e. The number of nitrogens with one attached hydrogen (secondary N) is 1. The molecule has 2 aromatic heterocycles. The highest BCUT2D eigenvalue weighted by molar-refractivity contribution is 7.99. The van der Waals surface area contributed by atoms with Gasteiger partial charge in [0.25, 0.3) is 10.8 Å². The Balaban J connectivity index is 1.75. The van der Waals surface area contributed by atoms with Gasteiger partial charge in [0.2, 0.25) is 5.89 Å². The van der Waals surface area contributed by atoms with E-state index in [1.165, 1.54) is 29.6 Å². The van der Waals surface area contributed by atoms with E-state index in [0.717, 1.165) is 17.9 Å². The maximum Gasteiger partial charge on any atom is 0.276 e. The molecule has 2 heterocycles. The predicted molar refractivity (Wildman–Crippen MR) is 83.5 cm³/mol. The second-order valence-electron chi connectivity index (χ2n) is 3.99. The number of aryl methyl sites for hydroxylation is 1. The second kappa shape index (κ2) is 7.89. The van der Waals surface area contributed by atoms with E-state index in [-0.39, 0.29) is 11.4 Å². The summed E-state index contributed by atoms with van der Waals surface area (Å²) in [7, 11) is 0. The summed E-state index contributed by atoms with van der Waals surface area (Å²) in [5.74, 6) is 2.34. The van der Waals surface area contributed by atoms with Gasteiger partial charge in [-0.3, -0.25) is 4.79 Å². The topological polar surface area (TPSA) is 111 Å². The summed E-state index contributed by atoms with van der Waals surface area (Å²) in [5, 5.41) is 8.97. The van der Waals surface area contributed by atoms with Crippen molar-refractivity contribution in [3.63, 3.8) is 0 Å². The Morgan fingerprint density at radius 1 is 1.43 bits per heavy atom. The molecule has 0 unspecified atom stereocenters. The van der Waals surface area contributed by atoms with Crippen LogP contribution in [-0.4, -0.2) is 31.7 Å². The molecule has 0 atom stereocenters. The minimum absolute atomic E-state index is 0.224. The van der Waals surface area contributed by atoms with Crippen LogP contribution in [0.15, 0.2) is 38.3 Å². The van der Waals surface area contributed by atoms with Gasteiger partial charge in [-0.05, 0) is 6.42 Å². The van der Waals surface area contributed by atoms with Crippen LogP contribution in [0, 0.1) is 0 Å². The van der Waals surface area contributed by atoms with E-state index in [1.54, 1.807) is 6.08 Å². The molecule has 0 bridgehead atoms. The van der Waals surface area contributed by atoms with E-state index >= 15 is 0 Å². The Hall–Kier alpha value is -1.74. The van der Waals surface area contributed by atoms with E-state index in [2.05, 4.69) is 26.7 Å². The molecular formula is C12H15N5O2S2. The fraction of sp³-hybridized carbons (Fsp3) is 0.333. The molecule has 0 aliphatic heterocycles. The van der Waals surface area contributed by atoms with Crippen molar-refractivity contribution in [3.8, 4) is 0 Å². The van der Waals surface area contributed by atoms with E-state index in [0.29, 0.717) is 22.7 Å². The summed E-state index contributed by atoms with van der Waals surface area (Å²) in [6.45, 7) is 3.63. The Labute approximate surface area is 129 Å². The van der Waals surface area contributed by atoms with Gasteiger partial charge in [0.05, 0.1) is 0 Å². The molecule has 0 aliphatic carbocycles. The van der Waals surface area contributed by atoms with E-state index < -0.39 is 0 Å². The Bertz CT molecular complexity index is 655. The normalized spacial score (nSPS) is 10.7. The van der Waals surface area contributed by atoms with Crippen molar-refractivity contribution in [2.24, 2.45) is 0 Å². The number of anilines is 1. The summed E-state index contributed by atoms with van der Waals surface area (Å²) in [6, 6.07) is 1.25. The van der Waals surface area contributed by atoms with Crippen LogP contribution < -0.4 is 11.3 Å². The van der Waals surface area contributed by atoms with Gasteiger partial charge < -0.3 is 15.1 Å². The van der Waals surface area contributed by atoms with Gasteiger partial charge in [0, 0.05) is 24.0 Å². The number of aromatic nitrogens is 4. The van der Waals surface area contributed by atoms with Crippen molar-refractivity contribution in [1.82, 2.24) is 20.2 Å². The quantitative estimate of drug-likeness (QED) is 0.327. The van der Waals surface area contributed by atoms with E-state index in [9.17, 15) is 4.79 Å². The average Bonchev–Trinajstić information content (AvgIpc) is 2.88. The minimum Gasteiger partial charge on any atom is -0.416 e. The fourth-order valence-electron chi connectivity index (χ4n) is 1.44. The molecule has 0 fully saturated rings. The lowest BCUT2D eigenvalue weighted by atomic mass is 10.3. The minimum atomic E-state index is -0.245. The summed E-state index contributed by atoms with van der Waals surface area (Å²) in [6.07, 6.45) is 3.29. The maximum absolute atomic E-state index is 11.2. The van der Waals surface area contributed by atoms with Crippen molar-refractivity contribution in [1.29, 1.82) is 0 Å². The lowest BCUT2D eigenvalue weighted by Crippen LogP contribution is -2.09. The maximum atomic E-state index is 11.2. The van der Waals surface area contributed by atoms with E-state index in [4.69, 9.17) is 10.2 Å². The highest BCUT2D eigenvalue weighted by Gasteiger charge is 2.06. The van der Waals surface area contributed by atoms with Crippen LogP contribution in [0.5, 0.6) is 0 Å². The molecule has 2 rings (SSSR count). The number of aromatic amines is 1. The molecule has 112 valence electrons. The first-order valence-electron chi connectivity index (χ1n) is 6.23. The van der Waals surface area contributed by atoms with Crippen LogP contribution in [0.4, 0.5) is 5.82 Å². The first-order valence-corrected chi connectivity index (χ1v) is 8.20. The van der Waals surface area contributed by atoms with Crippen LogP contribution >= 0.6 is 23.5 Å². The SMILES string of the molecule is C=CCSc1nnc(CCCSc2nc(N)cc(=O)[nH]2)o1. The third kappa shape index (κ3) is 5.27.